The van der Waals surface area contributed by atoms with Gasteiger partial charge in [-0.15, -0.1) is 0 Å². The second-order valence-corrected chi connectivity index (χ2v) is 10.6. The number of likely N-dealkylation sites (tertiary alicyclic amines) is 1. The van der Waals surface area contributed by atoms with Gasteiger partial charge in [-0.25, -0.2) is 9.83 Å². The van der Waals surface area contributed by atoms with E-state index in [0.29, 0.717) is 42.7 Å². The van der Waals surface area contributed by atoms with Crippen LogP contribution in [0.4, 0.5) is 5.69 Å². The molecule has 2 aliphatic rings. The molecule has 0 N–H and O–H groups in total. The predicted octanol–water partition coefficient (Wildman–Crippen LogP) is 4.02. The predicted molar refractivity (Wildman–Crippen MR) is 149 cm³/mol. The lowest BCUT2D eigenvalue weighted by molar-refractivity contribution is -0.255. The molecule has 10 heteroatoms. The first kappa shape index (κ1) is 26.7. The van der Waals surface area contributed by atoms with Crippen molar-refractivity contribution in [2.45, 2.75) is 44.6 Å². The molecule has 6 rings (SSSR count). The molecular weight excluding hydrogens is 522 g/mol. The van der Waals surface area contributed by atoms with Crippen molar-refractivity contribution in [1.82, 2.24) is 19.4 Å². The molecule has 2 aromatic heterocycles. The van der Waals surface area contributed by atoms with E-state index in [1.54, 1.807) is 31.4 Å². The number of imidazole rings is 1. The number of hydrogen-bond acceptors (Lipinski definition) is 8. The van der Waals surface area contributed by atoms with Gasteiger partial charge in [0, 0.05) is 32.3 Å². The van der Waals surface area contributed by atoms with E-state index in [9.17, 15) is 9.90 Å². The van der Waals surface area contributed by atoms with Gasteiger partial charge in [0.1, 0.15) is 11.5 Å². The van der Waals surface area contributed by atoms with Gasteiger partial charge in [-0.05, 0) is 61.7 Å². The summed E-state index contributed by atoms with van der Waals surface area (Å²) in [6, 6.07) is 14.4. The number of hydrogen-bond donors (Lipinski definition) is 0. The van der Waals surface area contributed by atoms with Crippen LogP contribution in [0.3, 0.4) is 0 Å². The molecule has 0 spiro atoms. The maximum atomic E-state index is 11.4. The van der Waals surface area contributed by atoms with Crippen molar-refractivity contribution in [3.05, 3.63) is 88.8 Å². The number of aromatic carboxylic acids is 1. The maximum Gasteiger partial charge on any atom is 0.292 e. The number of benzene rings is 2. The normalized spacial score (nSPS) is 19.0. The third-order valence-corrected chi connectivity index (χ3v) is 7.93. The molecule has 1 unspecified atom stereocenters. The number of nitrogens with zero attached hydrogens (tertiary/aromatic N) is 5. The number of carboxylic acid groups (broad SMARTS) is 1. The lowest BCUT2D eigenvalue weighted by Crippen LogP contribution is -2.34. The number of piperidine rings is 1. The Morgan fingerprint density at radius 3 is 2.73 bits per heavy atom. The van der Waals surface area contributed by atoms with Crippen molar-refractivity contribution in [3.63, 3.8) is 0 Å². The van der Waals surface area contributed by atoms with Crippen molar-refractivity contribution < 1.29 is 24.1 Å². The van der Waals surface area contributed by atoms with Crippen molar-refractivity contribution >= 4 is 22.7 Å². The average molecular weight is 553 g/mol. The van der Waals surface area contributed by atoms with Crippen molar-refractivity contribution in [2.75, 3.05) is 26.8 Å². The number of carbonyl (C=O) groups excluding carboxylic acids is 1. The quantitative estimate of drug-likeness (QED) is 0.302. The molecule has 0 saturated carbocycles. The minimum atomic E-state index is -1.20. The number of methoxy groups -OCH3 is 1. The van der Waals surface area contributed by atoms with Gasteiger partial charge in [0.25, 0.3) is 5.79 Å². The van der Waals surface area contributed by atoms with Gasteiger partial charge in [0.05, 0.1) is 36.7 Å². The van der Waals surface area contributed by atoms with Gasteiger partial charge in [-0.2, -0.15) is 0 Å². The number of ether oxygens (including phenoxy) is 3. The van der Waals surface area contributed by atoms with E-state index in [2.05, 4.69) is 20.8 Å². The molecular formula is C31H30N5O5-. The standard InChI is InChI=1S/C31H31N5O5/c1-31(27-10-8-22(32-2)18-33-27)40-26-6-4-5-23(29(26)41-31)20-11-13-35(14-12-20)19-28-34-24-9-7-21(30(37)38)17-25(24)36(28)15-16-39-3/h4-10,17-18,20H,11-16,19H2,1,3H3,(H,37,38)/p-1. The molecule has 0 radical (unpaired) electrons. The summed E-state index contributed by atoms with van der Waals surface area (Å²) in [7, 11) is 1.65. The molecule has 0 bridgehead atoms. The molecule has 1 fully saturated rings. The minimum absolute atomic E-state index is 0.136. The summed E-state index contributed by atoms with van der Waals surface area (Å²) in [5, 5.41) is 11.4. The number of rotatable bonds is 8. The first-order valence-electron chi connectivity index (χ1n) is 13.7. The van der Waals surface area contributed by atoms with Gasteiger partial charge in [0.2, 0.25) is 5.69 Å². The Balaban J connectivity index is 1.17. The number of aromatic nitrogens is 3. The Labute approximate surface area is 237 Å². The zero-order valence-corrected chi connectivity index (χ0v) is 23.0. The van der Waals surface area contributed by atoms with Crippen LogP contribution >= 0.6 is 0 Å². The fourth-order valence-corrected chi connectivity index (χ4v) is 5.75. The second-order valence-electron chi connectivity index (χ2n) is 10.6. The molecule has 0 aliphatic carbocycles. The fourth-order valence-electron chi connectivity index (χ4n) is 5.75. The van der Waals surface area contributed by atoms with Crippen LogP contribution in [0, 0.1) is 6.57 Å². The Kier molecular flexibility index (Phi) is 7.07. The Hall–Kier alpha value is -4.46. The summed E-state index contributed by atoms with van der Waals surface area (Å²) in [4.78, 5) is 26.5. The third kappa shape index (κ3) is 5.10. The van der Waals surface area contributed by atoms with Crippen LogP contribution in [0.5, 0.6) is 11.5 Å². The molecule has 4 aromatic rings. The van der Waals surface area contributed by atoms with Crippen LogP contribution in [0.25, 0.3) is 15.9 Å². The molecule has 2 aliphatic heterocycles. The van der Waals surface area contributed by atoms with E-state index in [-0.39, 0.29) is 5.56 Å². The number of carbonyl (C=O) groups is 1. The lowest BCUT2D eigenvalue weighted by atomic mass is 9.88. The van der Waals surface area contributed by atoms with Crippen molar-refractivity contribution in [3.8, 4) is 11.5 Å². The largest absolute Gasteiger partial charge is 0.545 e. The van der Waals surface area contributed by atoms with Crippen LogP contribution in [0.1, 0.15) is 53.1 Å². The third-order valence-electron chi connectivity index (χ3n) is 7.93. The number of pyridine rings is 1. The Morgan fingerprint density at radius 1 is 1.20 bits per heavy atom. The van der Waals surface area contributed by atoms with E-state index in [1.807, 2.05) is 23.6 Å². The summed E-state index contributed by atoms with van der Waals surface area (Å²) in [6.07, 6.45) is 3.43. The van der Waals surface area contributed by atoms with Crippen molar-refractivity contribution in [1.29, 1.82) is 0 Å². The van der Waals surface area contributed by atoms with Crippen LogP contribution in [-0.4, -0.2) is 52.2 Å². The summed E-state index contributed by atoms with van der Waals surface area (Å²) >= 11 is 0. The molecule has 1 atom stereocenters. The molecule has 41 heavy (non-hydrogen) atoms. The number of carboxylic acids is 1. The Morgan fingerprint density at radius 2 is 2.02 bits per heavy atom. The van der Waals surface area contributed by atoms with Gasteiger partial charge < -0.3 is 28.7 Å². The minimum Gasteiger partial charge on any atom is -0.545 e. The van der Waals surface area contributed by atoms with E-state index in [4.69, 9.17) is 25.8 Å². The molecule has 10 nitrogen and oxygen atoms in total. The smallest absolute Gasteiger partial charge is 0.292 e. The fraction of sp³-hybridized carbons (Fsp3) is 0.355. The highest BCUT2D eigenvalue weighted by molar-refractivity contribution is 5.91. The van der Waals surface area contributed by atoms with Gasteiger partial charge >= 0.3 is 0 Å². The first-order valence-corrected chi connectivity index (χ1v) is 13.7. The summed E-state index contributed by atoms with van der Waals surface area (Å²) < 4.78 is 20.0. The van der Waals surface area contributed by atoms with E-state index in [1.165, 1.54) is 12.3 Å². The molecule has 210 valence electrons. The highest BCUT2D eigenvalue weighted by Gasteiger charge is 2.42. The molecule has 1 saturated heterocycles. The van der Waals surface area contributed by atoms with Crippen LogP contribution in [-0.2, 0) is 23.6 Å². The van der Waals surface area contributed by atoms with Crippen LogP contribution in [0.15, 0.2) is 54.7 Å². The van der Waals surface area contributed by atoms with Crippen LogP contribution in [0.2, 0.25) is 0 Å². The van der Waals surface area contributed by atoms with Gasteiger partial charge in [-0.3, -0.25) is 9.88 Å². The second kappa shape index (κ2) is 10.8. The first-order chi connectivity index (χ1) is 19.9. The average Bonchev–Trinajstić information content (AvgIpc) is 3.52. The van der Waals surface area contributed by atoms with E-state index >= 15 is 0 Å². The Bertz CT molecular complexity index is 1640. The lowest BCUT2D eigenvalue weighted by Gasteiger charge is -2.32. The van der Waals surface area contributed by atoms with E-state index in [0.717, 1.165) is 54.1 Å². The topological polar surface area (TPSA) is 106 Å². The highest BCUT2D eigenvalue weighted by Crippen LogP contribution is 2.49. The van der Waals surface area contributed by atoms with E-state index < -0.39 is 11.8 Å². The SMILES string of the molecule is [C-]#[N+]c1ccc(C2(C)Oc3cccc(C4CCN(Cc5nc6ccc(C(=O)[O-])cc6n5CCOC)CC4)c3O2)nc1. The van der Waals surface area contributed by atoms with Crippen LogP contribution < -0.4 is 14.6 Å². The van der Waals surface area contributed by atoms with Gasteiger partial charge in [-0.1, -0.05) is 24.3 Å². The molecule has 0 amide bonds. The molecule has 4 heterocycles. The van der Waals surface area contributed by atoms with Gasteiger partial charge in [0.15, 0.2) is 11.5 Å². The number of para-hydroxylation sites is 1. The highest BCUT2D eigenvalue weighted by atomic mass is 16.7. The monoisotopic (exact) mass is 552 g/mol. The zero-order valence-electron chi connectivity index (χ0n) is 23.0. The number of fused-ring (bicyclic) bond motifs is 2. The van der Waals surface area contributed by atoms with Crippen molar-refractivity contribution in [2.24, 2.45) is 0 Å². The summed E-state index contributed by atoms with van der Waals surface area (Å²) in [5.74, 6) is 0.392. The summed E-state index contributed by atoms with van der Waals surface area (Å²) in [5.41, 5.74) is 3.88. The zero-order chi connectivity index (χ0) is 28.6. The molecule has 2 aromatic carbocycles. The maximum absolute atomic E-state index is 11.4. The summed E-state index contributed by atoms with van der Waals surface area (Å²) in [6.45, 7) is 12.5.